The van der Waals surface area contributed by atoms with E-state index in [1.54, 1.807) is 12.3 Å². The number of ether oxygens (including phenoxy) is 1. The number of nitrogens with zero attached hydrogens (tertiary/aromatic N) is 4. The lowest BCUT2D eigenvalue weighted by molar-refractivity contribution is 0.00232. The third-order valence-corrected chi connectivity index (χ3v) is 5.03. The summed E-state index contributed by atoms with van der Waals surface area (Å²) in [7, 11) is 0. The Kier molecular flexibility index (Phi) is 4.16. The van der Waals surface area contributed by atoms with E-state index in [0.717, 1.165) is 18.4 Å². The minimum atomic E-state index is -0.704. The minimum absolute atomic E-state index is 0.0148. The molecule has 130 valence electrons. The van der Waals surface area contributed by atoms with Crippen LogP contribution in [0.15, 0.2) is 18.5 Å². The summed E-state index contributed by atoms with van der Waals surface area (Å²) in [4.78, 5) is 18.5. The second kappa shape index (κ2) is 6.04. The number of carbonyl (C=O) groups is 1. The third kappa shape index (κ3) is 3.17. The van der Waals surface area contributed by atoms with E-state index in [4.69, 9.17) is 10.00 Å². The topological polar surface area (TPSA) is 90.0 Å². The summed E-state index contributed by atoms with van der Waals surface area (Å²) in [5.74, 6) is 0. The summed E-state index contributed by atoms with van der Waals surface area (Å²) in [5.41, 5.74) is -0.0148. The van der Waals surface area contributed by atoms with Crippen LogP contribution in [0.3, 0.4) is 0 Å². The SMILES string of the molecule is CC(C)(C)OC(=O)N1[C@@H]2CC[C@H]1CC(C#N)(c1cncc(C#N)c1)C2. The van der Waals surface area contributed by atoms with E-state index in [0.29, 0.717) is 18.4 Å². The highest BCUT2D eigenvalue weighted by atomic mass is 16.6. The van der Waals surface area contributed by atoms with Crippen molar-refractivity contribution in [1.82, 2.24) is 9.88 Å². The zero-order valence-corrected chi connectivity index (χ0v) is 14.8. The molecule has 3 rings (SSSR count). The minimum Gasteiger partial charge on any atom is -0.444 e. The highest BCUT2D eigenvalue weighted by Crippen LogP contribution is 2.47. The molecule has 25 heavy (non-hydrogen) atoms. The monoisotopic (exact) mass is 338 g/mol. The number of amides is 1. The molecular formula is C19H22N4O2. The quantitative estimate of drug-likeness (QED) is 0.784. The maximum absolute atomic E-state index is 12.6. The van der Waals surface area contributed by atoms with Crippen LogP contribution in [0, 0.1) is 22.7 Å². The third-order valence-electron chi connectivity index (χ3n) is 5.03. The molecule has 2 bridgehead atoms. The van der Waals surface area contributed by atoms with Gasteiger partial charge in [-0.25, -0.2) is 4.79 Å². The summed E-state index contributed by atoms with van der Waals surface area (Å²) in [6.07, 6.45) is 5.73. The number of pyridine rings is 1. The maximum Gasteiger partial charge on any atom is 0.410 e. The fourth-order valence-electron chi connectivity index (χ4n) is 4.02. The molecule has 3 atom stereocenters. The lowest BCUT2D eigenvalue weighted by atomic mass is 9.71. The lowest BCUT2D eigenvalue weighted by Crippen LogP contribution is -2.52. The molecule has 1 unspecified atom stereocenters. The number of hydrogen-bond acceptors (Lipinski definition) is 5. The van der Waals surface area contributed by atoms with Crippen LogP contribution >= 0.6 is 0 Å². The van der Waals surface area contributed by atoms with Crippen molar-refractivity contribution < 1.29 is 9.53 Å². The summed E-state index contributed by atoms with van der Waals surface area (Å²) < 4.78 is 5.55. The Morgan fingerprint density at radius 2 is 1.92 bits per heavy atom. The van der Waals surface area contributed by atoms with Crippen LogP contribution in [0.2, 0.25) is 0 Å². The first-order valence-electron chi connectivity index (χ1n) is 8.56. The molecule has 2 saturated heterocycles. The Bertz CT molecular complexity index is 755. The molecule has 2 aliphatic heterocycles. The molecule has 0 N–H and O–H groups in total. The molecule has 0 saturated carbocycles. The van der Waals surface area contributed by atoms with Gasteiger partial charge < -0.3 is 9.64 Å². The number of nitriles is 2. The zero-order valence-electron chi connectivity index (χ0n) is 14.8. The molecular weight excluding hydrogens is 316 g/mol. The van der Waals surface area contributed by atoms with Crippen molar-refractivity contribution in [3.8, 4) is 12.1 Å². The molecule has 2 aliphatic rings. The number of aromatic nitrogens is 1. The fourth-order valence-corrected chi connectivity index (χ4v) is 4.02. The van der Waals surface area contributed by atoms with E-state index in [2.05, 4.69) is 17.1 Å². The second-order valence-electron chi connectivity index (χ2n) is 7.95. The first-order chi connectivity index (χ1) is 11.8. The molecule has 0 radical (unpaired) electrons. The Labute approximate surface area is 148 Å². The van der Waals surface area contributed by atoms with Gasteiger partial charge in [0.2, 0.25) is 0 Å². The summed E-state index contributed by atoms with van der Waals surface area (Å²) in [6.45, 7) is 5.57. The largest absolute Gasteiger partial charge is 0.444 e. The van der Waals surface area contributed by atoms with E-state index in [-0.39, 0.29) is 18.2 Å². The summed E-state index contributed by atoms with van der Waals surface area (Å²) in [6, 6.07) is 6.27. The van der Waals surface area contributed by atoms with E-state index < -0.39 is 11.0 Å². The lowest BCUT2D eigenvalue weighted by Gasteiger charge is -2.43. The number of hydrogen-bond donors (Lipinski definition) is 0. The number of carbonyl (C=O) groups excluding carboxylic acids is 1. The summed E-state index contributed by atoms with van der Waals surface area (Å²) in [5, 5.41) is 19.1. The molecule has 1 aromatic heterocycles. The molecule has 2 fully saturated rings. The van der Waals surface area contributed by atoms with Crippen LogP contribution in [-0.2, 0) is 10.2 Å². The Morgan fingerprint density at radius 1 is 1.28 bits per heavy atom. The van der Waals surface area contributed by atoms with E-state index in [1.165, 1.54) is 6.20 Å². The first kappa shape index (κ1) is 17.2. The van der Waals surface area contributed by atoms with E-state index >= 15 is 0 Å². The molecule has 0 aliphatic carbocycles. The smallest absolute Gasteiger partial charge is 0.410 e. The van der Waals surface area contributed by atoms with Gasteiger partial charge in [0.25, 0.3) is 0 Å². The van der Waals surface area contributed by atoms with Crippen molar-refractivity contribution in [2.24, 2.45) is 0 Å². The molecule has 6 nitrogen and oxygen atoms in total. The summed E-state index contributed by atoms with van der Waals surface area (Å²) >= 11 is 0. The number of rotatable bonds is 1. The average Bonchev–Trinajstić information content (AvgIpc) is 2.85. The normalized spacial score (nSPS) is 28.1. The van der Waals surface area contributed by atoms with Gasteiger partial charge >= 0.3 is 6.09 Å². The van der Waals surface area contributed by atoms with E-state index in [9.17, 15) is 10.1 Å². The second-order valence-corrected chi connectivity index (χ2v) is 7.95. The molecule has 6 heteroatoms. The maximum atomic E-state index is 12.6. The number of fused-ring (bicyclic) bond motifs is 2. The van der Waals surface area contributed by atoms with Crippen molar-refractivity contribution >= 4 is 6.09 Å². The van der Waals surface area contributed by atoms with Crippen molar-refractivity contribution in [1.29, 1.82) is 10.5 Å². The van der Waals surface area contributed by atoms with Crippen LogP contribution < -0.4 is 0 Å². The molecule has 1 aromatic rings. The predicted molar refractivity (Wildman–Crippen MR) is 90.4 cm³/mol. The van der Waals surface area contributed by atoms with Crippen LogP contribution in [0.25, 0.3) is 0 Å². The zero-order chi connectivity index (χ0) is 18.2. The molecule has 0 aromatic carbocycles. The first-order valence-corrected chi connectivity index (χ1v) is 8.56. The molecule has 0 spiro atoms. The van der Waals surface area contributed by atoms with E-state index in [1.807, 2.05) is 25.7 Å². The van der Waals surface area contributed by atoms with Gasteiger partial charge in [0, 0.05) is 24.5 Å². The van der Waals surface area contributed by atoms with Gasteiger partial charge in [-0.3, -0.25) is 4.98 Å². The predicted octanol–water partition coefficient (Wildman–Crippen LogP) is 3.28. The van der Waals surface area contributed by atoms with Gasteiger partial charge in [-0.05, 0) is 58.1 Å². The van der Waals surface area contributed by atoms with Crippen molar-refractivity contribution in [2.45, 2.75) is 69.6 Å². The van der Waals surface area contributed by atoms with Crippen LogP contribution in [0.1, 0.15) is 57.6 Å². The van der Waals surface area contributed by atoms with Crippen molar-refractivity contribution in [3.63, 3.8) is 0 Å². The highest BCUT2D eigenvalue weighted by molar-refractivity contribution is 5.70. The highest BCUT2D eigenvalue weighted by Gasteiger charge is 2.52. The molecule has 1 amide bonds. The standard InChI is InChI=1S/C19H22N4O2/c1-18(2,3)25-17(24)23-15-4-5-16(23)8-19(7-15,12-21)14-6-13(9-20)10-22-11-14/h6,10-11,15-16H,4-5,7-8H2,1-3H3/t15-,16+,19?. The van der Waals surface area contributed by atoms with Crippen LogP contribution in [0.4, 0.5) is 4.79 Å². The van der Waals surface area contributed by atoms with Gasteiger partial charge in [0.1, 0.15) is 11.7 Å². The van der Waals surface area contributed by atoms with Gasteiger partial charge in [-0.1, -0.05) is 0 Å². The van der Waals surface area contributed by atoms with Crippen molar-refractivity contribution in [3.05, 3.63) is 29.6 Å². The van der Waals surface area contributed by atoms with Crippen LogP contribution in [0.5, 0.6) is 0 Å². The van der Waals surface area contributed by atoms with Gasteiger partial charge in [0.15, 0.2) is 0 Å². The fraction of sp³-hybridized carbons (Fsp3) is 0.579. The van der Waals surface area contributed by atoms with Gasteiger partial charge in [0.05, 0.1) is 17.0 Å². The Balaban J connectivity index is 1.88. The molecule has 3 heterocycles. The Morgan fingerprint density at radius 3 is 2.44 bits per heavy atom. The van der Waals surface area contributed by atoms with Gasteiger partial charge in [-0.15, -0.1) is 0 Å². The average molecular weight is 338 g/mol. The van der Waals surface area contributed by atoms with Crippen molar-refractivity contribution in [2.75, 3.05) is 0 Å². The van der Waals surface area contributed by atoms with Crippen LogP contribution in [-0.4, -0.2) is 33.7 Å². The number of piperidine rings is 1. The van der Waals surface area contributed by atoms with Gasteiger partial charge in [-0.2, -0.15) is 10.5 Å². The Hall–Kier alpha value is -2.60.